The first-order chi connectivity index (χ1) is 28.6. The summed E-state index contributed by atoms with van der Waals surface area (Å²) in [5, 5.41) is 4.60. The fraction of sp³-hybridized carbons (Fsp3) is 0.0545. The molecule has 0 radical (unpaired) electrons. The molecule has 0 N–H and O–H groups in total. The van der Waals surface area contributed by atoms with E-state index in [4.69, 9.17) is 4.42 Å². The second kappa shape index (κ2) is 13.7. The molecule has 0 saturated heterocycles. The van der Waals surface area contributed by atoms with E-state index in [0.29, 0.717) is 0 Å². The van der Waals surface area contributed by atoms with Gasteiger partial charge in [-0.25, -0.2) is 0 Å². The molecule has 58 heavy (non-hydrogen) atoms. The summed E-state index contributed by atoms with van der Waals surface area (Å²) in [7, 11) is 0. The molecule has 1 aliphatic carbocycles. The molecule has 2 aromatic heterocycles. The first kappa shape index (κ1) is 33.9. The van der Waals surface area contributed by atoms with Gasteiger partial charge in [0.15, 0.2) is 5.58 Å². The van der Waals surface area contributed by atoms with Gasteiger partial charge in [-0.05, 0) is 94.9 Å². The van der Waals surface area contributed by atoms with Gasteiger partial charge >= 0.3 is 0 Å². The van der Waals surface area contributed by atoms with Crippen LogP contribution in [0.2, 0.25) is 0 Å². The van der Waals surface area contributed by atoms with Crippen molar-refractivity contribution in [2.24, 2.45) is 0 Å². The molecule has 8 aromatic carbocycles. The van der Waals surface area contributed by atoms with Crippen LogP contribution in [-0.4, -0.2) is 4.57 Å². The lowest BCUT2D eigenvalue weighted by Gasteiger charge is -2.34. The van der Waals surface area contributed by atoms with Gasteiger partial charge in [-0.2, -0.15) is 0 Å². The van der Waals surface area contributed by atoms with E-state index in [2.05, 4.69) is 229 Å². The number of fused-ring (bicyclic) bond motifs is 7. The second-order valence-electron chi connectivity index (χ2n) is 15.5. The van der Waals surface area contributed by atoms with E-state index in [1.165, 1.54) is 38.7 Å². The van der Waals surface area contributed by atoms with Crippen LogP contribution in [0.25, 0.3) is 71.7 Å². The summed E-state index contributed by atoms with van der Waals surface area (Å²) in [6, 6.07) is 67.8. The van der Waals surface area contributed by atoms with Crippen molar-refractivity contribution in [3.05, 3.63) is 218 Å². The van der Waals surface area contributed by atoms with E-state index < -0.39 is 0 Å². The van der Waals surface area contributed by atoms with Gasteiger partial charge in [0.2, 0.25) is 0 Å². The van der Waals surface area contributed by atoms with Crippen molar-refractivity contribution in [1.29, 1.82) is 0 Å². The number of rotatable bonds is 7. The number of furan rings is 1. The lowest BCUT2D eigenvalue weighted by Crippen LogP contribution is -2.23. The van der Waals surface area contributed by atoms with Crippen LogP contribution in [-0.2, 0) is 5.41 Å². The maximum absolute atomic E-state index is 6.77. The number of hydrogen-bond acceptors (Lipinski definition) is 2. The normalized spacial score (nSPS) is 15.2. The average Bonchev–Trinajstić information content (AvgIpc) is 3.84. The summed E-state index contributed by atoms with van der Waals surface area (Å²) in [5.41, 5.74) is 14.4. The van der Waals surface area contributed by atoms with Crippen LogP contribution in [0.4, 0.5) is 17.1 Å². The third-order valence-corrected chi connectivity index (χ3v) is 12.0. The predicted molar refractivity (Wildman–Crippen MR) is 244 cm³/mol. The molecule has 11 rings (SSSR count). The molecule has 3 nitrogen and oxygen atoms in total. The van der Waals surface area contributed by atoms with Crippen LogP contribution >= 0.6 is 0 Å². The lowest BCUT2D eigenvalue weighted by molar-refractivity contribution is 0.600. The van der Waals surface area contributed by atoms with Crippen molar-refractivity contribution < 1.29 is 4.42 Å². The SMILES string of the molecule is CC1(c2ccccc2N(c2ccc(-c3ccccc3)cc2)c2ccc(-c3cc4c5ccccc5oc4c4c3c3ccccc3n4-c3ccccc3)cc2)C=CC=CC1. The topological polar surface area (TPSA) is 21.3 Å². The van der Waals surface area contributed by atoms with Crippen molar-refractivity contribution in [3.63, 3.8) is 0 Å². The van der Waals surface area contributed by atoms with Gasteiger partial charge in [-0.15, -0.1) is 0 Å². The average molecular weight is 745 g/mol. The first-order valence-corrected chi connectivity index (χ1v) is 20.1. The van der Waals surface area contributed by atoms with E-state index in [9.17, 15) is 0 Å². The van der Waals surface area contributed by atoms with Crippen LogP contribution in [0.1, 0.15) is 18.9 Å². The maximum atomic E-state index is 6.77. The fourth-order valence-electron chi connectivity index (χ4n) is 9.13. The number of para-hydroxylation sites is 4. The van der Waals surface area contributed by atoms with Crippen LogP contribution < -0.4 is 4.90 Å². The molecule has 3 heteroatoms. The molecule has 276 valence electrons. The van der Waals surface area contributed by atoms with Crippen molar-refractivity contribution in [1.82, 2.24) is 4.57 Å². The highest BCUT2D eigenvalue weighted by atomic mass is 16.3. The fourth-order valence-corrected chi connectivity index (χ4v) is 9.13. The van der Waals surface area contributed by atoms with E-state index in [1.807, 2.05) is 0 Å². The van der Waals surface area contributed by atoms with Crippen LogP contribution in [0.3, 0.4) is 0 Å². The van der Waals surface area contributed by atoms with E-state index in [0.717, 1.165) is 62.0 Å². The summed E-state index contributed by atoms with van der Waals surface area (Å²) in [6.45, 7) is 2.35. The van der Waals surface area contributed by atoms with Crippen molar-refractivity contribution in [2.75, 3.05) is 4.90 Å². The Morgan fingerprint density at radius 1 is 0.552 bits per heavy atom. The monoisotopic (exact) mass is 744 g/mol. The van der Waals surface area contributed by atoms with Crippen molar-refractivity contribution in [2.45, 2.75) is 18.8 Å². The van der Waals surface area contributed by atoms with Crippen LogP contribution in [0.15, 0.2) is 217 Å². The summed E-state index contributed by atoms with van der Waals surface area (Å²) >= 11 is 0. The molecule has 0 aliphatic heterocycles. The van der Waals surface area contributed by atoms with Gasteiger partial charge in [0.1, 0.15) is 5.58 Å². The summed E-state index contributed by atoms with van der Waals surface area (Å²) in [5.74, 6) is 0. The Labute approximate surface area is 338 Å². The highest BCUT2D eigenvalue weighted by molar-refractivity contribution is 6.26. The van der Waals surface area contributed by atoms with Crippen molar-refractivity contribution in [3.8, 4) is 27.9 Å². The Balaban J connectivity index is 1.12. The summed E-state index contributed by atoms with van der Waals surface area (Å²) < 4.78 is 9.14. The van der Waals surface area contributed by atoms with E-state index in [-0.39, 0.29) is 5.41 Å². The number of benzene rings is 8. The van der Waals surface area contributed by atoms with Crippen molar-refractivity contribution >= 4 is 60.8 Å². The number of nitrogens with zero attached hydrogens (tertiary/aromatic N) is 2. The molecular weight excluding hydrogens is 705 g/mol. The minimum absolute atomic E-state index is 0.144. The molecule has 0 spiro atoms. The van der Waals surface area contributed by atoms with Gasteiger partial charge in [0, 0.05) is 44.0 Å². The van der Waals surface area contributed by atoms with Crippen LogP contribution in [0.5, 0.6) is 0 Å². The number of allylic oxidation sites excluding steroid dienone is 4. The number of anilines is 3. The molecule has 0 fully saturated rings. The lowest BCUT2D eigenvalue weighted by atomic mass is 9.76. The molecule has 1 aliphatic rings. The Hall–Kier alpha value is -7.36. The third kappa shape index (κ3) is 5.50. The molecule has 10 aromatic rings. The minimum Gasteiger partial charge on any atom is -0.454 e. The molecule has 0 bridgehead atoms. The van der Waals surface area contributed by atoms with Gasteiger partial charge in [0.25, 0.3) is 0 Å². The zero-order valence-electron chi connectivity index (χ0n) is 32.2. The third-order valence-electron chi connectivity index (χ3n) is 12.0. The molecule has 1 unspecified atom stereocenters. The predicted octanol–water partition coefficient (Wildman–Crippen LogP) is 15.3. The summed E-state index contributed by atoms with van der Waals surface area (Å²) in [4.78, 5) is 2.43. The Morgan fingerprint density at radius 3 is 1.91 bits per heavy atom. The van der Waals surface area contributed by atoms with Gasteiger partial charge in [-0.1, -0.05) is 159 Å². The van der Waals surface area contributed by atoms with E-state index >= 15 is 0 Å². The van der Waals surface area contributed by atoms with Crippen LogP contribution in [0, 0.1) is 0 Å². The van der Waals surface area contributed by atoms with Gasteiger partial charge in [0.05, 0.1) is 16.7 Å². The highest BCUT2D eigenvalue weighted by Gasteiger charge is 2.29. The van der Waals surface area contributed by atoms with Gasteiger partial charge < -0.3 is 13.9 Å². The Kier molecular flexibility index (Phi) is 8.01. The molecular formula is C55H40N2O. The molecule has 0 saturated carbocycles. The number of hydrogen-bond donors (Lipinski definition) is 0. The highest BCUT2D eigenvalue weighted by Crippen LogP contribution is 2.47. The zero-order chi connectivity index (χ0) is 38.6. The molecule has 2 heterocycles. The quantitative estimate of drug-likeness (QED) is 0.162. The largest absolute Gasteiger partial charge is 0.454 e. The minimum atomic E-state index is -0.144. The number of aromatic nitrogens is 1. The molecule has 1 atom stereocenters. The second-order valence-corrected chi connectivity index (χ2v) is 15.5. The zero-order valence-corrected chi connectivity index (χ0v) is 32.2. The maximum Gasteiger partial charge on any atom is 0.160 e. The van der Waals surface area contributed by atoms with E-state index in [1.54, 1.807) is 0 Å². The molecule has 0 amide bonds. The van der Waals surface area contributed by atoms with Gasteiger partial charge in [-0.3, -0.25) is 0 Å². The smallest absolute Gasteiger partial charge is 0.160 e. The Bertz CT molecular complexity index is 3190. The standard InChI is InChI=1S/C55H40N2O/c1-55(35-15-4-16-36-55)48-23-11-13-25-50(48)56(42-31-27-39(28-32-42)38-17-5-2-6-18-38)43-33-29-40(30-34-43)46-37-47-44-21-10-14-26-51(44)58-54(47)53-52(46)45-22-9-12-24-49(45)57(53)41-19-7-3-8-20-41/h2-35,37H,36H2,1H3. The first-order valence-electron chi connectivity index (χ1n) is 20.1. The Morgan fingerprint density at radius 2 is 1.17 bits per heavy atom. The summed E-state index contributed by atoms with van der Waals surface area (Å²) in [6.07, 6.45) is 9.90.